The maximum atomic E-state index is 14.0. The quantitative estimate of drug-likeness (QED) is 0.340. The molecule has 4 rings (SSSR count). The smallest absolute Gasteiger partial charge is 0.338 e. The van der Waals surface area contributed by atoms with Crippen molar-refractivity contribution in [2.75, 3.05) is 34.0 Å². The number of aromatic nitrogens is 1. The number of para-hydroxylation sites is 1. The number of fused-ring (bicyclic) bond motifs is 1. The Hall–Kier alpha value is -4.58. The molecule has 216 valence electrons. The van der Waals surface area contributed by atoms with Crippen LogP contribution in [0.2, 0.25) is 0 Å². The van der Waals surface area contributed by atoms with Gasteiger partial charge in [0.15, 0.2) is 34.4 Å². The maximum Gasteiger partial charge on any atom is 0.338 e. The standard InChI is InChI=1S/C29H31N3O8S/c1-6-38-26-18(9-8-10-20(26)36-4)25-24(28(35)39-7-2)16(3)31-29-32(25)27(34)22(41-29)14-17-11-12-19(21(13-17)37-5)40-15-23(30)33/h8-14,25H,6-7,15H2,1-5H3,(H2,30,33)/b22-14-/t25-/m0/s1. The summed E-state index contributed by atoms with van der Waals surface area (Å²) in [4.78, 5) is 43.4. The van der Waals surface area contributed by atoms with Crippen LogP contribution in [0.1, 0.15) is 37.9 Å². The highest BCUT2D eigenvalue weighted by atomic mass is 32.1. The normalized spacial score (nSPS) is 14.7. The zero-order valence-corrected chi connectivity index (χ0v) is 24.2. The Morgan fingerprint density at radius 1 is 1.05 bits per heavy atom. The second-order valence-corrected chi connectivity index (χ2v) is 9.79. The lowest BCUT2D eigenvalue weighted by Gasteiger charge is -2.26. The minimum absolute atomic E-state index is 0.157. The number of amides is 1. The van der Waals surface area contributed by atoms with Gasteiger partial charge in [0, 0.05) is 5.56 Å². The molecule has 1 aliphatic heterocycles. The molecule has 2 aromatic carbocycles. The number of ether oxygens (including phenoxy) is 5. The van der Waals surface area contributed by atoms with E-state index in [-0.39, 0.29) is 24.3 Å². The SMILES string of the molecule is CCOC(=O)C1=C(C)N=c2s/c(=C\c3ccc(OCC(N)=O)c(OC)c3)c(=O)n2[C@H]1c1cccc(OC)c1OCC. The molecule has 0 fully saturated rings. The first kappa shape index (κ1) is 29.4. The van der Waals surface area contributed by atoms with Gasteiger partial charge in [0.25, 0.3) is 11.5 Å². The summed E-state index contributed by atoms with van der Waals surface area (Å²) in [5.74, 6) is 0.396. The Morgan fingerprint density at radius 3 is 2.46 bits per heavy atom. The Balaban J connectivity index is 1.92. The van der Waals surface area contributed by atoms with E-state index in [4.69, 9.17) is 29.4 Å². The first-order valence-corrected chi connectivity index (χ1v) is 13.6. The third-order valence-electron chi connectivity index (χ3n) is 6.18. The average Bonchev–Trinajstić information content (AvgIpc) is 3.25. The van der Waals surface area contributed by atoms with Crippen molar-refractivity contribution < 1.29 is 33.3 Å². The number of thiazole rings is 1. The lowest BCUT2D eigenvalue weighted by Crippen LogP contribution is -2.40. The summed E-state index contributed by atoms with van der Waals surface area (Å²) in [7, 11) is 2.99. The molecule has 1 aliphatic rings. The van der Waals surface area contributed by atoms with Crippen LogP contribution >= 0.6 is 11.3 Å². The predicted molar refractivity (Wildman–Crippen MR) is 152 cm³/mol. The maximum absolute atomic E-state index is 14.0. The molecule has 3 aromatic rings. The number of benzene rings is 2. The van der Waals surface area contributed by atoms with Crippen LogP contribution in [0.25, 0.3) is 6.08 Å². The van der Waals surface area contributed by atoms with Crippen LogP contribution in [0.15, 0.2) is 57.5 Å². The molecule has 11 nitrogen and oxygen atoms in total. The number of nitrogens with zero attached hydrogens (tertiary/aromatic N) is 2. The van der Waals surface area contributed by atoms with Crippen molar-refractivity contribution >= 4 is 29.3 Å². The number of carbonyl (C=O) groups excluding carboxylic acids is 2. The number of carbonyl (C=O) groups is 2. The molecule has 2 N–H and O–H groups in total. The van der Waals surface area contributed by atoms with Crippen molar-refractivity contribution in [3.8, 4) is 23.0 Å². The molecule has 0 spiro atoms. The number of nitrogens with two attached hydrogens (primary N) is 1. The van der Waals surface area contributed by atoms with E-state index in [0.29, 0.717) is 55.8 Å². The topological polar surface area (TPSA) is 141 Å². The van der Waals surface area contributed by atoms with E-state index in [2.05, 4.69) is 4.99 Å². The highest BCUT2D eigenvalue weighted by Crippen LogP contribution is 2.40. The van der Waals surface area contributed by atoms with Gasteiger partial charge in [0.1, 0.15) is 6.04 Å². The van der Waals surface area contributed by atoms with Crippen LogP contribution < -0.4 is 39.6 Å². The fourth-order valence-electron chi connectivity index (χ4n) is 4.49. The van der Waals surface area contributed by atoms with Gasteiger partial charge in [-0.15, -0.1) is 0 Å². The van der Waals surface area contributed by atoms with E-state index in [9.17, 15) is 14.4 Å². The molecule has 41 heavy (non-hydrogen) atoms. The summed E-state index contributed by atoms with van der Waals surface area (Å²) in [5, 5.41) is 0. The Labute approximate surface area is 240 Å². The van der Waals surface area contributed by atoms with Crippen LogP contribution in [-0.2, 0) is 14.3 Å². The lowest BCUT2D eigenvalue weighted by atomic mass is 9.94. The molecule has 12 heteroatoms. The van der Waals surface area contributed by atoms with E-state index >= 15 is 0 Å². The molecule has 1 aromatic heterocycles. The molecule has 0 aliphatic carbocycles. The fourth-order valence-corrected chi connectivity index (χ4v) is 5.53. The van der Waals surface area contributed by atoms with Gasteiger partial charge in [0.2, 0.25) is 0 Å². The molecule has 0 unspecified atom stereocenters. The van der Waals surface area contributed by atoms with Crippen molar-refractivity contribution in [2.45, 2.75) is 26.8 Å². The second kappa shape index (κ2) is 12.7. The zero-order chi connectivity index (χ0) is 29.7. The van der Waals surface area contributed by atoms with Gasteiger partial charge >= 0.3 is 5.97 Å². The molecule has 1 amide bonds. The Bertz CT molecular complexity index is 1690. The minimum Gasteiger partial charge on any atom is -0.493 e. The number of hydrogen-bond donors (Lipinski definition) is 1. The third kappa shape index (κ3) is 5.97. The molecule has 1 atom stereocenters. The summed E-state index contributed by atoms with van der Waals surface area (Å²) in [6.07, 6.45) is 1.69. The number of primary amides is 1. The van der Waals surface area contributed by atoms with Crippen LogP contribution in [0.5, 0.6) is 23.0 Å². The summed E-state index contributed by atoms with van der Waals surface area (Å²) in [5.41, 5.74) is 6.70. The highest BCUT2D eigenvalue weighted by Gasteiger charge is 2.36. The second-order valence-electron chi connectivity index (χ2n) is 8.78. The number of esters is 1. The molecule has 0 saturated carbocycles. The van der Waals surface area contributed by atoms with Gasteiger partial charge in [-0.3, -0.25) is 14.2 Å². The van der Waals surface area contributed by atoms with Crippen LogP contribution in [0.4, 0.5) is 0 Å². The molecule has 0 bridgehead atoms. The van der Waals surface area contributed by atoms with Gasteiger partial charge in [-0.1, -0.05) is 29.5 Å². The minimum atomic E-state index is -0.872. The Kier molecular flexibility index (Phi) is 9.13. The van der Waals surface area contributed by atoms with Crippen molar-refractivity contribution in [2.24, 2.45) is 10.7 Å². The van der Waals surface area contributed by atoms with E-state index < -0.39 is 17.9 Å². The van der Waals surface area contributed by atoms with Crippen molar-refractivity contribution in [1.82, 2.24) is 4.57 Å². The van der Waals surface area contributed by atoms with E-state index in [1.54, 1.807) is 56.3 Å². The number of rotatable bonds is 11. The largest absolute Gasteiger partial charge is 0.493 e. The molecule has 2 heterocycles. The number of allylic oxidation sites excluding steroid dienone is 1. The lowest BCUT2D eigenvalue weighted by molar-refractivity contribution is -0.139. The summed E-state index contributed by atoms with van der Waals surface area (Å²) in [6, 6.07) is 9.48. The first-order chi connectivity index (χ1) is 19.7. The van der Waals surface area contributed by atoms with Crippen molar-refractivity contribution in [1.29, 1.82) is 0 Å². The van der Waals surface area contributed by atoms with Gasteiger partial charge in [0.05, 0.1) is 43.2 Å². The molecule has 0 saturated heterocycles. The Morgan fingerprint density at radius 2 is 1.80 bits per heavy atom. The number of hydrogen-bond acceptors (Lipinski definition) is 10. The van der Waals surface area contributed by atoms with Gasteiger partial charge in [-0.25, -0.2) is 9.79 Å². The van der Waals surface area contributed by atoms with Gasteiger partial charge in [-0.05, 0) is 50.6 Å². The van der Waals surface area contributed by atoms with Crippen LogP contribution in [0.3, 0.4) is 0 Å². The summed E-state index contributed by atoms with van der Waals surface area (Å²) >= 11 is 1.18. The molecular weight excluding hydrogens is 550 g/mol. The first-order valence-electron chi connectivity index (χ1n) is 12.8. The molecule has 0 radical (unpaired) electrons. The fraction of sp³-hybridized carbons (Fsp3) is 0.310. The van der Waals surface area contributed by atoms with Gasteiger partial charge < -0.3 is 29.4 Å². The predicted octanol–water partition coefficient (Wildman–Crippen LogP) is 2.08. The summed E-state index contributed by atoms with van der Waals surface area (Å²) < 4.78 is 29.5. The van der Waals surface area contributed by atoms with E-state index in [1.165, 1.54) is 30.1 Å². The zero-order valence-electron chi connectivity index (χ0n) is 23.4. The van der Waals surface area contributed by atoms with Crippen molar-refractivity contribution in [3.63, 3.8) is 0 Å². The van der Waals surface area contributed by atoms with E-state index in [1.807, 2.05) is 6.92 Å². The highest BCUT2D eigenvalue weighted by molar-refractivity contribution is 7.07. The van der Waals surface area contributed by atoms with Gasteiger partial charge in [-0.2, -0.15) is 0 Å². The van der Waals surface area contributed by atoms with Crippen molar-refractivity contribution in [3.05, 3.63) is 78.5 Å². The third-order valence-corrected chi connectivity index (χ3v) is 7.17. The monoisotopic (exact) mass is 581 g/mol. The average molecular weight is 582 g/mol. The van der Waals surface area contributed by atoms with Crippen LogP contribution in [-0.4, -0.2) is 50.5 Å². The number of methoxy groups -OCH3 is 2. The van der Waals surface area contributed by atoms with E-state index in [0.717, 1.165) is 0 Å². The van der Waals surface area contributed by atoms with Crippen LogP contribution in [0, 0.1) is 0 Å². The summed E-state index contributed by atoms with van der Waals surface area (Å²) in [6.45, 7) is 5.47. The molecular formula is C29H31N3O8S.